The third-order valence-corrected chi connectivity index (χ3v) is 5.96. The number of fused-ring (bicyclic) bond motifs is 1. The quantitative estimate of drug-likeness (QED) is 0.628. The lowest BCUT2D eigenvalue weighted by molar-refractivity contribution is -0.154. The van der Waals surface area contributed by atoms with Crippen molar-refractivity contribution in [2.45, 2.75) is 24.9 Å². The Kier molecular flexibility index (Phi) is 4.30. The first-order chi connectivity index (χ1) is 13.4. The Labute approximate surface area is 162 Å². The van der Waals surface area contributed by atoms with Crippen molar-refractivity contribution in [1.29, 1.82) is 0 Å². The fraction of sp³-hybridized carbons (Fsp3) is 0.400. The Morgan fingerprint density at radius 1 is 1.25 bits per heavy atom. The number of amides is 2. The van der Waals surface area contributed by atoms with Crippen LogP contribution in [0.2, 0.25) is 0 Å². The maximum atomic E-state index is 12.9. The van der Waals surface area contributed by atoms with E-state index in [4.69, 9.17) is 4.74 Å². The minimum absolute atomic E-state index is 0.292. The Morgan fingerprint density at radius 2 is 1.96 bits per heavy atom. The smallest absolute Gasteiger partial charge is 0.326 e. The molecule has 2 aliphatic heterocycles. The Balaban J connectivity index is 1.78. The lowest BCUT2D eigenvalue weighted by atomic mass is 9.78. The average Bonchev–Trinajstić information content (AvgIpc) is 3.40. The molecule has 2 amide bonds. The second-order valence-corrected chi connectivity index (χ2v) is 7.23. The van der Waals surface area contributed by atoms with Gasteiger partial charge in [-0.2, -0.15) is 5.10 Å². The number of para-hydroxylation sites is 1. The van der Waals surface area contributed by atoms with Crippen molar-refractivity contribution in [1.82, 2.24) is 20.0 Å². The number of likely N-dealkylation sites (tertiary alicyclic amines) is 1. The number of imide groups is 1. The standard InChI is InChI=1S/C20H22N4O4/c1-4-20(19(27)28-3)15-14(17(25)23(2)18(15)26)16(22-20)12-10-21-24(11-12)13-8-6-5-7-9-13/h5-11,14-16,22H,4H2,1-3H3/t14-,15-,16-,20-/m0/s1. The highest BCUT2D eigenvalue weighted by atomic mass is 16.5. The van der Waals surface area contributed by atoms with Crippen LogP contribution in [0.25, 0.3) is 5.69 Å². The highest BCUT2D eigenvalue weighted by Gasteiger charge is 2.67. The summed E-state index contributed by atoms with van der Waals surface area (Å²) >= 11 is 0. The number of nitrogens with one attached hydrogen (secondary N) is 1. The first kappa shape index (κ1) is 18.4. The van der Waals surface area contributed by atoms with Crippen LogP contribution in [-0.4, -0.2) is 52.2 Å². The molecule has 8 nitrogen and oxygen atoms in total. The first-order valence-corrected chi connectivity index (χ1v) is 9.22. The Bertz CT molecular complexity index is 941. The highest BCUT2D eigenvalue weighted by Crippen LogP contribution is 2.49. The van der Waals surface area contributed by atoms with Gasteiger partial charge in [-0.15, -0.1) is 0 Å². The number of benzene rings is 1. The monoisotopic (exact) mass is 382 g/mol. The van der Waals surface area contributed by atoms with Gasteiger partial charge >= 0.3 is 5.97 Å². The molecule has 3 heterocycles. The molecule has 1 aromatic heterocycles. The molecule has 4 rings (SSSR count). The lowest BCUT2D eigenvalue weighted by Crippen LogP contribution is -2.55. The van der Waals surface area contributed by atoms with Gasteiger partial charge in [-0.05, 0) is 18.6 Å². The number of aromatic nitrogens is 2. The summed E-state index contributed by atoms with van der Waals surface area (Å²) in [6.07, 6.45) is 3.82. The molecule has 8 heteroatoms. The van der Waals surface area contributed by atoms with Crippen molar-refractivity contribution >= 4 is 17.8 Å². The molecule has 1 aromatic carbocycles. The fourth-order valence-corrected chi connectivity index (χ4v) is 4.49. The molecule has 2 aliphatic rings. The van der Waals surface area contributed by atoms with Crippen LogP contribution in [0.3, 0.4) is 0 Å². The Hall–Kier alpha value is -3.00. The molecule has 0 bridgehead atoms. The highest BCUT2D eigenvalue weighted by molar-refractivity contribution is 6.09. The second-order valence-electron chi connectivity index (χ2n) is 7.23. The molecule has 0 radical (unpaired) electrons. The van der Waals surface area contributed by atoms with Crippen molar-refractivity contribution in [3.63, 3.8) is 0 Å². The number of hydrogen-bond donors (Lipinski definition) is 1. The number of hydrogen-bond acceptors (Lipinski definition) is 6. The molecular weight excluding hydrogens is 360 g/mol. The van der Waals surface area contributed by atoms with E-state index in [0.717, 1.165) is 16.2 Å². The van der Waals surface area contributed by atoms with Crippen molar-refractivity contribution in [2.75, 3.05) is 14.2 Å². The summed E-state index contributed by atoms with van der Waals surface area (Å²) in [5, 5.41) is 7.67. The van der Waals surface area contributed by atoms with E-state index >= 15 is 0 Å². The first-order valence-electron chi connectivity index (χ1n) is 9.22. The van der Waals surface area contributed by atoms with Gasteiger partial charge in [0.25, 0.3) is 0 Å². The largest absolute Gasteiger partial charge is 0.468 e. The maximum absolute atomic E-state index is 12.9. The van der Waals surface area contributed by atoms with Crippen LogP contribution in [0.15, 0.2) is 42.7 Å². The van der Waals surface area contributed by atoms with E-state index in [1.807, 2.05) is 43.5 Å². The molecule has 2 aromatic rings. The molecule has 146 valence electrons. The summed E-state index contributed by atoms with van der Waals surface area (Å²) in [6.45, 7) is 1.81. The third-order valence-electron chi connectivity index (χ3n) is 5.96. The minimum atomic E-state index is -1.24. The summed E-state index contributed by atoms with van der Waals surface area (Å²) in [4.78, 5) is 39.5. The van der Waals surface area contributed by atoms with Crippen molar-refractivity contribution in [3.05, 3.63) is 48.3 Å². The van der Waals surface area contributed by atoms with Crippen molar-refractivity contribution < 1.29 is 19.1 Å². The third kappa shape index (κ3) is 2.41. The summed E-state index contributed by atoms with van der Waals surface area (Å²) in [5.41, 5.74) is 0.384. The molecule has 0 aliphatic carbocycles. The summed E-state index contributed by atoms with van der Waals surface area (Å²) in [5.74, 6) is -2.65. The molecule has 4 atom stereocenters. The van der Waals surface area contributed by atoms with Gasteiger partial charge in [0.05, 0.1) is 30.8 Å². The van der Waals surface area contributed by atoms with Gasteiger partial charge in [-0.3, -0.25) is 24.6 Å². The van der Waals surface area contributed by atoms with Gasteiger partial charge in [-0.1, -0.05) is 25.1 Å². The van der Waals surface area contributed by atoms with Crippen molar-refractivity contribution in [2.24, 2.45) is 11.8 Å². The summed E-state index contributed by atoms with van der Waals surface area (Å²) in [7, 11) is 2.76. The van der Waals surface area contributed by atoms with Gasteiger partial charge in [-0.25, -0.2) is 4.68 Å². The predicted octanol–water partition coefficient (Wildman–Crippen LogP) is 1.07. The van der Waals surface area contributed by atoms with Crippen LogP contribution >= 0.6 is 0 Å². The van der Waals surface area contributed by atoms with Crippen LogP contribution in [0.5, 0.6) is 0 Å². The molecule has 1 N–H and O–H groups in total. The molecular formula is C20H22N4O4. The van der Waals surface area contributed by atoms with Gasteiger partial charge in [0.15, 0.2) is 0 Å². The number of esters is 1. The minimum Gasteiger partial charge on any atom is -0.468 e. The molecule has 2 fully saturated rings. The number of nitrogens with zero attached hydrogens (tertiary/aromatic N) is 3. The fourth-order valence-electron chi connectivity index (χ4n) is 4.49. The Morgan fingerprint density at radius 3 is 2.61 bits per heavy atom. The zero-order valence-corrected chi connectivity index (χ0v) is 16.0. The van der Waals surface area contributed by atoms with E-state index in [1.165, 1.54) is 14.2 Å². The molecule has 0 saturated carbocycles. The summed E-state index contributed by atoms with van der Waals surface area (Å²) < 4.78 is 6.72. The van der Waals surface area contributed by atoms with E-state index in [-0.39, 0.29) is 11.8 Å². The van der Waals surface area contributed by atoms with Gasteiger partial charge < -0.3 is 4.74 Å². The van der Waals surface area contributed by atoms with Crippen LogP contribution in [-0.2, 0) is 19.1 Å². The number of carbonyl (C=O) groups excluding carboxylic acids is 3. The van der Waals surface area contributed by atoms with E-state index in [0.29, 0.717) is 6.42 Å². The number of ether oxygens (including phenoxy) is 1. The molecule has 28 heavy (non-hydrogen) atoms. The van der Waals surface area contributed by atoms with Gasteiger partial charge in [0, 0.05) is 24.8 Å². The zero-order valence-electron chi connectivity index (χ0n) is 16.0. The number of rotatable bonds is 4. The van der Waals surface area contributed by atoms with Crippen LogP contribution < -0.4 is 5.32 Å². The number of methoxy groups -OCH3 is 1. The van der Waals surface area contributed by atoms with Crippen molar-refractivity contribution in [3.8, 4) is 5.69 Å². The predicted molar refractivity (Wildman–Crippen MR) is 99.2 cm³/mol. The van der Waals surface area contributed by atoms with Crippen LogP contribution in [0.1, 0.15) is 24.9 Å². The van der Waals surface area contributed by atoms with Crippen LogP contribution in [0, 0.1) is 11.8 Å². The van der Waals surface area contributed by atoms with E-state index in [1.54, 1.807) is 10.9 Å². The molecule has 0 spiro atoms. The zero-order chi connectivity index (χ0) is 20.1. The SMILES string of the molecule is CC[C@]1(C(=O)OC)N[C@@H](c2cnn(-c3ccccc3)c2)[C@H]2C(=O)N(C)C(=O)[C@H]21. The van der Waals surface area contributed by atoms with Crippen LogP contribution in [0.4, 0.5) is 0 Å². The maximum Gasteiger partial charge on any atom is 0.326 e. The summed E-state index contributed by atoms with van der Waals surface area (Å²) in [6, 6.07) is 9.07. The van der Waals surface area contributed by atoms with E-state index in [2.05, 4.69) is 10.4 Å². The van der Waals surface area contributed by atoms with Gasteiger partial charge in [0.1, 0.15) is 5.54 Å². The van der Waals surface area contributed by atoms with E-state index < -0.39 is 29.4 Å². The number of carbonyl (C=O) groups is 3. The van der Waals surface area contributed by atoms with E-state index in [9.17, 15) is 14.4 Å². The lowest BCUT2D eigenvalue weighted by Gasteiger charge is -2.30. The normalized spacial score (nSPS) is 29.2. The topological polar surface area (TPSA) is 93.5 Å². The average molecular weight is 382 g/mol. The molecule has 2 saturated heterocycles. The molecule has 0 unspecified atom stereocenters. The van der Waals surface area contributed by atoms with Gasteiger partial charge in [0.2, 0.25) is 11.8 Å². The second kappa shape index (κ2) is 6.56.